The number of halogens is 2. The summed E-state index contributed by atoms with van der Waals surface area (Å²) < 4.78 is 33.9. The highest BCUT2D eigenvalue weighted by molar-refractivity contribution is 6.02. The van der Waals surface area contributed by atoms with Crippen LogP contribution in [0.2, 0.25) is 0 Å². The lowest BCUT2D eigenvalue weighted by Gasteiger charge is -2.10. The minimum atomic E-state index is -2.98. The van der Waals surface area contributed by atoms with Gasteiger partial charge in [-0.15, -0.1) is 0 Å². The number of non-ortho nitro benzene ring substituents is 1. The Morgan fingerprint density at radius 2 is 1.96 bits per heavy atom. The van der Waals surface area contributed by atoms with E-state index in [1.54, 1.807) is 6.92 Å². The number of alkyl halides is 2. The zero-order valence-corrected chi connectivity index (χ0v) is 14.4. The Labute approximate surface area is 153 Å². The number of ether oxygens (including phenoxy) is 2. The van der Waals surface area contributed by atoms with Gasteiger partial charge in [0.15, 0.2) is 11.5 Å². The second kappa shape index (κ2) is 8.75. The number of hydrogen-bond donors (Lipinski definition) is 1. The van der Waals surface area contributed by atoms with Crippen molar-refractivity contribution in [1.82, 2.24) is 0 Å². The van der Waals surface area contributed by atoms with Gasteiger partial charge in [0.2, 0.25) is 5.91 Å². The summed E-state index contributed by atoms with van der Waals surface area (Å²) in [6, 6.07) is 8.33. The smallest absolute Gasteiger partial charge is 0.387 e. The summed E-state index contributed by atoms with van der Waals surface area (Å²) in [5.74, 6) is -0.474. The van der Waals surface area contributed by atoms with Crippen molar-refractivity contribution in [2.24, 2.45) is 0 Å². The minimum Gasteiger partial charge on any atom is -0.493 e. The van der Waals surface area contributed by atoms with Crippen molar-refractivity contribution in [3.63, 3.8) is 0 Å². The summed E-state index contributed by atoms with van der Waals surface area (Å²) in [5.41, 5.74) is 1.44. The van der Waals surface area contributed by atoms with Gasteiger partial charge >= 0.3 is 6.61 Å². The van der Waals surface area contributed by atoms with Crippen molar-refractivity contribution < 1.29 is 28.0 Å². The number of amides is 1. The molecule has 27 heavy (non-hydrogen) atoms. The van der Waals surface area contributed by atoms with E-state index < -0.39 is 17.4 Å². The molecule has 0 heterocycles. The van der Waals surface area contributed by atoms with Gasteiger partial charge in [-0.25, -0.2) is 0 Å². The minimum absolute atomic E-state index is 0.0701. The monoisotopic (exact) mass is 378 g/mol. The Morgan fingerprint density at radius 3 is 2.56 bits per heavy atom. The number of rotatable bonds is 7. The van der Waals surface area contributed by atoms with Crippen LogP contribution in [0.4, 0.5) is 20.2 Å². The molecule has 9 heteroatoms. The maximum Gasteiger partial charge on any atom is 0.387 e. The Balaban J connectivity index is 2.09. The van der Waals surface area contributed by atoms with Crippen LogP contribution in [0.15, 0.2) is 42.5 Å². The quantitative estimate of drug-likeness (QED) is 0.444. The summed E-state index contributed by atoms with van der Waals surface area (Å²) in [6.07, 6.45) is 2.70. The van der Waals surface area contributed by atoms with E-state index in [0.717, 1.165) is 0 Å². The van der Waals surface area contributed by atoms with Crippen molar-refractivity contribution in [3.05, 3.63) is 63.7 Å². The lowest BCUT2D eigenvalue weighted by Crippen LogP contribution is -2.09. The molecule has 0 atom stereocenters. The lowest BCUT2D eigenvalue weighted by atomic mass is 10.1. The molecular weight excluding hydrogens is 362 g/mol. The van der Waals surface area contributed by atoms with E-state index in [1.165, 1.54) is 55.7 Å². The summed E-state index contributed by atoms with van der Waals surface area (Å²) in [5, 5.41) is 13.3. The third-order valence-corrected chi connectivity index (χ3v) is 3.51. The molecule has 0 spiro atoms. The molecule has 0 aliphatic rings. The van der Waals surface area contributed by atoms with Crippen LogP contribution >= 0.6 is 0 Å². The maximum atomic E-state index is 12.3. The molecule has 0 bridgehead atoms. The Kier molecular flexibility index (Phi) is 6.42. The van der Waals surface area contributed by atoms with Crippen LogP contribution in [0.3, 0.4) is 0 Å². The molecular formula is C18H16F2N2O5. The Hall–Kier alpha value is -3.49. The van der Waals surface area contributed by atoms with Gasteiger partial charge < -0.3 is 14.8 Å². The summed E-state index contributed by atoms with van der Waals surface area (Å²) in [7, 11) is 1.31. The van der Waals surface area contributed by atoms with E-state index in [0.29, 0.717) is 16.8 Å². The van der Waals surface area contributed by atoms with Gasteiger partial charge in [-0.2, -0.15) is 8.78 Å². The highest BCUT2D eigenvalue weighted by atomic mass is 19.3. The van der Waals surface area contributed by atoms with Crippen molar-refractivity contribution in [2.75, 3.05) is 12.4 Å². The molecule has 1 amide bonds. The topological polar surface area (TPSA) is 90.7 Å². The lowest BCUT2D eigenvalue weighted by molar-refractivity contribution is -0.384. The third kappa shape index (κ3) is 5.50. The number of carbonyl (C=O) groups is 1. The molecule has 7 nitrogen and oxygen atoms in total. The highest BCUT2D eigenvalue weighted by Gasteiger charge is 2.11. The number of nitrogens with zero attached hydrogens (tertiary/aromatic N) is 1. The van der Waals surface area contributed by atoms with Gasteiger partial charge in [0.25, 0.3) is 5.69 Å². The first-order valence-electron chi connectivity index (χ1n) is 7.67. The fourth-order valence-corrected chi connectivity index (χ4v) is 2.23. The average Bonchev–Trinajstić information content (AvgIpc) is 2.61. The summed E-state index contributed by atoms with van der Waals surface area (Å²) in [6.45, 7) is -1.34. The predicted molar refractivity (Wildman–Crippen MR) is 95.1 cm³/mol. The van der Waals surface area contributed by atoms with Crippen LogP contribution in [0.5, 0.6) is 11.5 Å². The van der Waals surface area contributed by atoms with E-state index in [1.807, 2.05) is 0 Å². The maximum absolute atomic E-state index is 12.3. The van der Waals surface area contributed by atoms with Crippen LogP contribution in [-0.2, 0) is 4.79 Å². The zero-order chi connectivity index (χ0) is 20.0. The molecule has 0 saturated carbocycles. The van der Waals surface area contributed by atoms with Crippen molar-refractivity contribution >= 4 is 23.4 Å². The summed E-state index contributed by atoms with van der Waals surface area (Å²) in [4.78, 5) is 22.2. The predicted octanol–water partition coefficient (Wildman–Crippen LogP) is 4.17. The van der Waals surface area contributed by atoms with E-state index >= 15 is 0 Å². The van der Waals surface area contributed by atoms with Crippen molar-refractivity contribution in [1.29, 1.82) is 0 Å². The molecule has 0 unspecified atom stereocenters. The van der Waals surface area contributed by atoms with Gasteiger partial charge in [-0.05, 0) is 42.3 Å². The molecule has 2 aromatic rings. The number of methoxy groups -OCH3 is 1. The number of carbonyl (C=O) groups excluding carboxylic acids is 1. The van der Waals surface area contributed by atoms with Crippen LogP contribution in [-0.4, -0.2) is 24.6 Å². The van der Waals surface area contributed by atoms with E-state index in [4.69, 9.17) is 4.74 Å². The first-order valence-corrected chi connectivity index (χ1v) is 7.67. The average molecular weight is 378 g/mol. The highest BCUT2D eigenvalue weighted by Crippen LogP contribution is 2.30. The van der Waals surface area contributed by atoms with Gasteiger partial charge in [-0.3, -0.25) is 14.9 Å². The Morgan fingerprint density at radius 1 is 1.22 bits per heavy atom. The Bertz CT molecular complexity index is 884. The van der Waals surface area contributed by atoms with Crippen molar-refractivity contribution in [3.8, 4) is 11.5 Å². The molecule has 2 rings (SSSR count). The summed E-state index contributed by atoms with van der Waals surface area (Å²) >= 11 is 0. The third-order valence-electron chi connectivity index (χ3n) is 3.51. The second-order valence-corrected chi connectivity index (χ2v) is 5.37. The molecule has 0 aliphatic carbocycles. The number of anilines is 1. The molecule has 2 aromatic carbocycles. The molecule has 0 saturated heterocycles. The van der Waals surface area contributed by atoms with E-state index in [2.05, 4.69) is 10.1 Å². The number of nitrogens with one attached hydrogen (secondary N) is 1. The molecule has 142 valence electrons. The standard InChI is InChI=1S/C18H16F2N2O5/c1-11-9-13(22(24)25)5-6-14(11)21-17(23)8-4-12-3-7-15(27-18(19)20)16(10-12)26-2/h3-10,18H,1-2H3,(H,21,23)/b8-4+. The zero-order valence-electron chi connectivity index (χ0n) is 14.4. The number of nitro groups is 1. The van der Waals surface area contributed by atoms with Crippen LogP contribution in [0.1, 0.15) is 11.1 Å². The first kappa shape index (κ1) is 19.8. The second-order valence-electron chi connectivity index (χ2n) is 5.37. The molecule has 1 N–H and O–H groups in total. The van der Waals surface area contributed by atoms with Crippen LogP contribution < -0.4 is 14.8 Å². The normalized spacial score (nSPS) is 10.9. The van der Waals surface area contributed by atoms with Gasteiger partial charge in [-0.1, -0.05) is 6.07 Å². The first-order chi connectivity index (χ1) is 12.8. The van der Waals surface area contributed by atoms with Crippen LogP contribution in [0.25, 0.3) is 6.08 Å². The number of aryl methyl sites for hydroxylation is 1. The van der Waals surface area contributed by atoms with E-state index in [9.17, 15) is 23.7 Å². The number of benzene rings is 2. The largest absolute Gasteiger partial charge is 0.493 e. The van der Waals surface area contributed by atoms with Crippen molar-refractivity contribution in [2.45, 2.75) is 13.5 Å². The number of hydrogen-bond acceptors (Lipinski definition) is 5. The fraction of sp³-hybridized carbons (Fsp3) is 0.167. The molecule has 0 aliphatic heterocycles. The van der Waals surface area contributed by atoms with E-state index in [-0.39, 0.29) is 17.2 Å². The van der Waals surface area contributed by atoms with Gasteiger partial charge in [0.1, 0.15) is 0 Å². The SMILES string of the molecule is COc1cc(/C=C/C(=O)Nc2ccc([N+](=O)[O-])cc2C)ccc1OC(F)F. The van der Waals surface area contributed by atoms with Gasteiger partial charge in [0, 0.05) is 23.9 Å². The molecule has 0 radical (unpaired) electrons. The molecule has 0 fully saturated rings. The van der Waals surface area contributed by atoms with Crippen LogP contribution in [0, 0.1) is 17.0 Å². The fourth-order valence-electron chi connectivity index (χ4n) is 2.23. The molecule has 0 aromatic heterocycles. The van der Waals surface area contributed by atoms with Gasteiger partial charge in [0.05, 0.1) is 12.0 Å². The number of nitro benzene ring substituents is 1.